The van der Waals surface area contributed by atoms with Gasteiger partial charge in [-0.1, -0.05) is 25.7 Å². The second-order valence-corrected chi connectivity index (χ2v) is 8.22. The average Bonchev–Trinajstić information content (AvgIpc) is 3.27. The fraction of sp³-hybridized carbons (Fsp3) is 1.00. The maximum atomic E-state index is 6.03. The van der Waals surface area contributed by atoms with Gasteiger partial charge in [0.25, 0.3) is 0 Å². The molecule has 1 N–H and O–H groups in total. The van der Waals surface area contributed by atoms with Crippen LogP contribution in [0, 0.1) is 5.41 Å². The number of nitrogens with zero attached hydrogens (tertiary/aromatic N) is 1. The summed E-state index contributed by atoms with van der Waals surface area (Å²) in [6.07, 6.45) is 15.2. The van der Waals surface area contributed by atoms with Crippen LogP contribution >= 0.6 is 0 Å². The molecule has 2 aliphatic heterocycles. The monoisotopic (exact) mass is 292 g/mol. The largest absolute Gasteiger partial charge is 0.372 e. The Morgan fingerprint density at radius 1 is 0.905 bits per heavy atom. The first-order valence-electron chi connectivity index (χ1n) is 9.43. The molecule has 0 spiro atoms. The number of nitrogens with one attached hydrogen (secondary N) is 1. The van der Waals surface area contributed by atoms with Crippen molar-refractivity contribution in [2.24, 2.45) is 5.41 Å². The fourth-order valence-electron chi connectivity index (χ4n) is 4.82. The minimum atomic E-state index is 0.544. The van der Waals surface area contributed by atoms with Gasteiger partial charge in [-0.25, -0.2) is 0 Å². The second kappa shape index (κ2) is 6.17. The van der Waals surface area contributed by atoms with E-state index in [1.165, 1.54) is 90.4 Å². The van der Waals surface area contributed by atoms with E-state index in [9.17, 15) is 0 Å². The van der Waals surface area contributed by atoms with Crippen LogP contribution in [-0.4, -0.2) is 49.3 Å². The Morgan fingerprint density at radius 3 is 2.19 bits per heavy atom. The summed E-state index contributed by atoms with van der Waals surface area (Å²) < 4.78 is 6.03. The molecule has 0 amide bonds. The molecule has 0 aromatic carbocycles. The van der Waals surface area contributed by atoms with Crippen LogP contribution in [0.2, 0.25) is 0 Å². The molecule has 4 fully saturated rings. The van der Waals surface area contributed by atoms with Crippen molar-refractivity contribution >= 4 is 0 Å². The van der Waals surface area contributed by atoms with Crippen molar-refractivity contribution in [3.8, 4) is 0 Å². The predicted octanol–water partition coefficient (Wildman–Crippen LogP) is 2.94. The minimum absolute atomic E-state index is 0.544. The van der Waals surface area contributed by atoms with E-state index >= 15 is 0 Å². The van der Waals surface area contributed by atoms with Gasteiger partial charge in [-0.05, 0) is 43.9 Å². The maximum Gasteiger partial charge on any atom is 0.0707 e. The van der Waals surface area contributed by atoms with E-state index in [0.29, 0.717) is 17.6 Å². The van der Waals surface area contributed by atoms with Gasteiger partial charge in [0.2, 0.25) is 0 Å². The van der Waals surface area contributed by atoms with Crippen molar-refractivity contribution in [3.05, 3.63) is 0 Å². The van der Waals surface area contributed by atoms with E-state index in [-0.39, 0.29) is 0 Å². The molecule has 2 saturated heterocycles. The van der Waals surface area contributed by atoms with E-state index in [2.05, 4.69) is 10.2 Å². The molecule has 2 bridgehead atoms. The Hall–Kier alpha value is -0.120. The Bertz CT molecular complexity index is 335. The quantitative estimate of drug-likeness (QED) is 0.789. The molecule has 0 aromatic rings. The van der Waals surface area contributed by atoms with Gasteiger partial charge in [0.05, 0.1) is 12.2 Å². The topological polar surface area (TPSA) is 24.5 Å². The summed E-state index contributed by atoms with van der Waals surface area (Å²) >= 11 is 0. The summed E-state index contributed by atoms with van der Waals surface area (Å²) in [5.74, 6) is 0. The van der Waals surface area contributed by atoms with Crippen molar-refractivity contribution in [2.45, 2.75) is 82.5 Å². The first-order chi connectivity index (χ1) is 10.3. The van der Waals surface area contributed by atoms with Crippen LogP contribution in [0.25, 0.3) is 0 Å². The van der Waals surface area contributed by atoms with Gasteiger partial charge in [-0.3, -0.25) is 4.90 Å². The summed E-state index contributed by atoms with van der Waals surface area (Å²) in [6, 6.07) is 0.853. The molecule has 2 heterocycles. The molecule has 2 atom stereocenters. The summed E-state index contributed by atoms with van der Waals surface area (Å²) in [5.41, 5.74) is 0.551. The Morgan fingerprint density at radius 2 is 1.57 bits per heavy atom. The number of fused-ring (bicyclic) bond motifs is 2. The lowest BCUT2D eigenvalue weighted by atomic mass is 9.79. The average molecular weight is 292 g/mol. The molecule has 3 nitrogen and oxygen atoms in total. The standard InChI is InChI=1S/C18H32N2O/c1-2-4-10-18(9-3-1,13-19-15-5-6-15)14-20-11-16-7-8-17(12-20)21-16/h15-17,19H,1-14H2. The third kappa shape index (κ3) is 3.62. The zero-order chi connectivity index (χ0) is 14.1. The van der Waals surface area contributed by atoms with Crippen LogP contribution < -0.4 is 5.32 Å². The Kier molecular flexibility index (Phi) is 4.25. The fourth-order valence-corrected chi connectivity index (χ4v) is 4.82. The molecule has 120 valence electrons. The molecular weight excluding hydrogens is 260 g/mol. The highest BCUT2D eigenvalue weighted by atomic mass is 16.5. The van der Waals surface area contributed by atoms with Crippen LogP contribution in [0.15, 0.2) is 0 Å². The number of ether oxygens (including phenoxy) is 1. The lowest BCUT2D eigenvalue weighted by Gasteiger charge is -2.41. The molecule has 2 saturated carbocycles. The van der Waals surface area contributed by atoms with Crippen molar-refractivity contribution in [2.75, 3.05) is 26.2 Å². The third-order valence-electron chi connectivity index (χ3n) is 6.19. The van der Waals surface area contributed by atoms with Gasteiger partial charge in [0.15, 0.2) is 0 Å². The molecule has 2 unspecified atom stereocenters. The zero-order valence-electron chi connectivity index (χ0n) is 13.5. The number of rotatable bonds is 5. The van der Waals surface area contributed by atoms with E-state index in [1.54, 1.807) is 0 Å². The van der Waals surface area contributed by atoms with Gasteiger partial charge in [-0.15, -0.1) is 0 Å². The van der Waals surface area contributed by atoms with Crippen molar-refractivity contribution in [1.82, 2.24) is 10.2 Å². The summed E-state index contributed by atoms with van der Waals surface area (Å²) in [4.78, 5) is 2.76. The van der Waals surface area contributed by atoms with Gasteiger partial charge in [0, 0.05) is 32.2 Å². The molecule has 4 aliphatic rings. The van der Waals surface area contributed by atoms with E-state index in [1.807, 2.05) is 0 Å². The lowest BCUT2D eigenvalue weighted by Crippen LogP contribution is -2.50. The highest BCUT2D eigenvalue weighted by Gasteiger charge is 2.39. The van der Waals surface area contributed by atoms with Crippen LogP contribution in [0.3, 0.4) is 0 Å². The molecule has 0 aromatic heterocycles. The van der Waals surface area contributed by atoms with Crippen LogP contribution in [0.1, 0.15) is 64.2 Å². The third-order valence-corrected chi connectivity index (χ3v) is 6.19. The molecule has 3 heteroatoms. The van der Waals surface area contributed by atoms with E-state index in [4.69, 9.17) is 4.74 Å². The normalized spacial score (nSPS) is 36.6. The van der Waals surface area contributed by atoms with Gasteiger partial charge < -0.3 is 10.1 Å². The number of morpholine rings is 1. The number of hydrogen-bond donors (Lipinski definition) is 1. The summed E-state index contributed by atoms with van der Waals surface area (Å²) in [6.45, 7) is 4.98. The first-order valence-corrected chi connectivity index (χ1v) is 9.43. The summed E-state index contributed by atoms with van der Waals surface area (Å²) in [7, 11) is 0. The maximum absolute atomic E-state index is 6.03. The molecular formula is C18H32N2O. The SMILES string of the molecule is C1CCCC(CNC2CC2)(CN2CC3CCC(C2)O3)CC1. The first kappa shape index (κ1) is 14.5. The van der Waals surface area contributed by atoms with Crippen molar-refractivity contribution < 1.29 is 4.74 Å². The molecule has 2 aliphatic carbocycles. The van der Waals surface area contributed by atoms with Crippen LogP contribution in [0.4, 0.5) is 0 Å². The van der Waals surface area contributed by atoms with Crippen LogP contribution in [-0.2, 0) is 4.74 Å². The second-order valence-electron chi connectivity index (χ2n) is 8.22. The number of hydrogen-bond acceptors (Lipinski definition) is 3. The predicted molar refractivity (Wildman–Crippen MR) is 85.5 cm³/mol. The highest BCUT2D eigenvalue weighted by Crippen LogP contribution is 2.38. The smallest absolute Gasteiger partial charge is 0.0707 e. The van der Waals surface area contributed by atoms with Gasteiger partial charge >= 0.3 is 0 Å². The summed E-state index contributed by atoms with van der Waals surface area (Å²) in [5, 5.41) is 3.86. The van der Waals surface area contributed by atoms with Crippen molar-refractivity contribution in [1.29, 1.82) is 0 Å². The highest BCUT2D eigenvalue weighted by molar-refractivity contribution is 4.93. The Balaban J connectivity index is 1.40. The van der Waals surface area contributed by atoms with E-state index in [0.717, 1.165) is 6.04 Å². The zero-order valence-corrected chi connectivity index (χ0v) is 13.5. The van der Waals surface area contributed by atoms with E-state index < -0.39 is 0 Å². The van der Waals surface area contributed by atoms with Gasteiger partial charge in [0.1, 0.15) is 0 Å². The molecule has 0 radical (unpaired) electrons. The Labute approximate surface area is 129 Å². The van der Waals surface area contributed by atoms with Gasteiger partial charge in [-0.2, -0.15) is 0 Å². The molecule has 21 heavy (non-hydrogen) atoms. The van der Waals surface area contributed by atoms with Crippen LogP contribution in [0.5, 0.6) is 0 Å². The number of likely N-dealkylation sites (tertiary alicyclic amines) is 1. The lowest BCUT2D eigenvalue weighted by molar-refractivity contribution is -0.0521. The van der Waals surface area contributed by atoms with Crippen molar-refractivity contribution in [3.63, 3.8) is 0 Å². The molecule has 4 rings (SSSR count). The minimum Gasteiger partial charge on any atom is -0.372 e.